The van der Waals surface area contributed by atoms with Crippen molar-refractivity contribution in [3.8, 4) is 0 Å². The van der Waals surface area contributed by atoms with Gasteiger partial charge in [-0.1, -0.05) is 12.1 Å². The highest BCUT2D eigenvalue weighted by Crippen LogP contribution is 2.28. The van der Waals surface area contributed by atoms with E-state index in [9.17, 15) is 9.59 Å². The van der Waals surface area contributed by atoms with E-state index in [2.05, 4.69) is 22.0 Å². The van der Waals surface area contributed by atoms with Gasteiger partial charge in [0.25, 0.3) is 4.82 Å². The predicted octanol–water partition coefficient (Wildman–Crippen LogP) is 2.19. The third-order valence-electron chi connectivity index (χ3n) is 3.26. The number of rotatable bonds is 3. The number of amides is 2. The molecule has 4 nitrogen and oxygen atoms in total. The number of fused-ring (bicyclic) bond motifs is 1. The van der Waals surface area contributed by atoms with Crippen molar-refractivity contribution in [2.75, 3.05) is 25.5 Å². The quantitative estimate of drug-likeness (QED) is 0.634. The summed E-state index contributed by atoms with van der Waals surface area (Å²) in [4.78, 5) is 25.8. The average molecular weight is 311 g/mol. The van der Waals surface area contributed by atoms with E-state index in [-0.39, 0.29) is 10.7 Å². The van der Waals surface area contributed by atoms with Crippen LogP contribution < -0.4 is 4.90 Å². The number of benzene rings is 1. The van der Waals surface area contributed by atoms with Gasteiger partial charge in [-0.3, -0.25) is 9.59 Å². The van der Waals surface area contributed by atoms with Gasteiger partial charge in [0, 0.05) is 42.3 Å². The molecule has 1 heterocycles. The average Bonchev–Trinajstić information content (AvgIpc) is 2.61. The van der Waals surface area contributed by atoms with Gasteiger partial charge in [0.05, 0.1) is 6.42 Å². The summed E-state index contributed by atoms with van der Waals surface area (Å²) in [6.45, 7) is 0.659. The van der Waals surface area contributed by atoms with Gasteiger partial charge in [0.2, 0.25) is 5.91 Å². The third kappa shape index (κ3) is 2.56. The van der Waals surface area contributed by atoms with E-state index in [1.54, 1.807) is 23.9 Å². The minimum atomic E-state index is -0.112. The fourth-order valence-corrected chi connectivity index (χ4v) is 2.24. The Bertz CT molecular complexity index is 502. The minimum Gasteiger partial charge on any atom is -0.336 e. The second-order valence-corrected chi connectivity index (χ2v) is 5.20. The van der Waals surface area contributed by atoms with Crippen molar-refractivity contribution < 1.29 is 9.59 Å². The summed E-state index contributed by atoms with van der Waals surface area (Å²) in [5, 5.41) is 0. The summed E-state index contributed by atoms with van der Waals surface area (Å²) in [7, 11) is 3.55. The van der Waals surface area contributed by atoms with Crippen molar-refractivity contribution in [2.45, 2.75) is 12.8 Å². The third-order valence-corrected chi connectivity index (χ3v) is 3.86. The lowest BCUT2D eigenvalue weighted by Crippen LogP contribution is -2.23. The van der Waals surface area contributed by atoms with Crippen molar-refractivity contribution in [3.63, 3.8) is 0 Å². The van der Waals surface area contributed by atoms with Crippen LogP contribution in [0.5, 0.6) is 0 Å². The monoisotopic (exact) mass is 310 g/mol. The van der Waals surface area contributed by atoms with Crippen molar-refractivity contribution in [3.05, 3.63) is 29.3 Å². The fraction of sp³-hybridized carbons (Fsp3) is 0.385. The van der Waals surface area contributed by atoms with Crippen LogP contribution >= 0.6 is 15.9 Å². The van der Waals surface area contributed by atoms with Gasteiger partial charge in [0.1, 0.15) is 0 Å². The van der Waals surface area contributed by atoms with E-state index in [1.807, 2.05) is 12.1 Å². The highest BCUT2D eigenvalue weighted by molar-refractivity contribution is 9.18. The van der Waals surface area contributed by atoms with Gasteiger partial charge < -0.3 is 9.80 Å². The molecule has 1 aliphatic heterocycles. The topological polar surface area (TPSA) is 40.6 Å². The van der Waals surface area contributed by atoms with Crippen LogP contribution in [0.2, 0.25) is 0 Å². The standard InChI is InChI=1S/C13H15BrN2O2/c1-15(13(14)18)6-5-9-3-4-11-10(7-9)8-12(17)16(11)2/h3-4,7H,5-6,8H2,1-2H3. The molecule has 0 atom stereocenters. The number of anilines is 1. The Morgan fingerprint density at radius 1 is 1.50 bits per heavy atom. The SMILES string of the molecule is CN(CCc1ccc2c(c1)CC(=O)N2C)C(=O)Br. The molecule has 0 aromatic heterocycles. The molecule has 0 saturated heterocycles. The molecular formula is C13H15BrN2O2. The van der Waals surface area contributed by atoms with Crippen LogP contribution in [-0.4, -0.2) is 36.3 Å². The lowest BCUT2D eigenvalue weighted by Gasteiger charge is -2.14. The fourth-order valence-electron chi connectivity index (χ4n) is 2.06. The molecule has 5 heteroatoms. The van der Waals surface area contributed by atoms with Crippen molar-refractivity contribution >= 4 is 32.3 Å². The molecule has 0 aliphatic carbocycles. The van der Waals surface area contributed by atoms with Gasteiger partial charge in [0.15, 0.2) is 0 Å². The van der Waals surface area contributed by atoms with Gasteiger partial charge in [-0.15, -0.1) is 0 Å². The molecule has 1 aromatic rings. The Kier molecular flexibility index (Phi) is 3.71. The predicted molar refractivity (Wildman–Crippen MR) is 74.2 cm³/mol. The van der Waals surface area contributed by atoms with Crippen molar-refractivity contribution in [1.82, 2.24) is 4.90 Å². The Labute approximate surface area is 115 Å². The second kappa shape index (κ2) is 5.10. The highest BCUT2D eigenvalue weighted by Gasteiger charge is 2.23. The number of carbonyl (C=O) groups is 2. The molecule has 2 rings (SSSR count). The molecule has 1 aliphatic rings. The molecule has 0 unspecified atom stereocenters. The molecule has 96 valence electrons. The maximum Gasteiger partial charge on any atom is 0.289 e. The van der Waals surface area contributed by atoms with Gasteiger partial charge >= 0.3 is 0 Å². The lowest BCUT2D eigenvalue weighted by molar-refractivity contribution is -0.117. The first-order valence-corrected chi connectivity index (χ1v) is 6.57. The summed E-state index contributed by atoms with van der Waals surface area (Å²) < 4.78 is 0. The van der Waals surface area contributed by atoms with Crippen LogP contribution in [0.3, 0.4) is 0 Å². The van der Waals surface area contributed by atoms with E-state index in [0.29, 0.717) is 13.0 Å². The first-order valence-electron chi connectivity index (χ1n) is 5.78. The Balaban J connectivity index is 2.07. The zero-order valence-electron chi connectivity index (χ0n) is 10.4. The smallest absolute Gasteiger partial charge is 0.289 e. The first-order chi connectivity index (χ1) is 8.49. The van der Waals surface area contributed by atoms with Crippen molar-refractivity contribution in [2.24, 2.45) is 0 Å². The van der Waals surface area contributed by atoms with Crippen LogP contribution in [0.1, 0.15) is 11.1 Å². The minimum absolute atomic E-state index is 0.112. The molecular weight excluding hydrogens is 296 g/mol. The summed E-state index contributed by atoms with van der Waals surface area (Å²) in [6.07, 6.45) is 1.27. The van der Waals surface area contributed by atoms with Gasteiger partial charge in [-0.05, 0) is 23.6 Å². The molecule has 0 spiro atoms. The summed E-state index contributed by atoms with van der Waals surface area (Å²) in [6, 6.07) is 6.05. The molecule has 0 fully saturated rings. The van der Waals surface area contributed by atoms with Crippen LogP contribution in [0.25, 0.3) is 0 Å². The Morgan fingerprint density at radius 3 is 2.89 bits per heavy atom. The zero-order valence-corrected chi connectivity index (χ0v) is 12.0. The largest absolute Gasteiger partial charge is 0.336 e. The summed E-state index contributed by atoms with van der Waals surface area (Å²) in [5.41, 5.74) is 3.22. The van der Waals surface area contributed by atoms with E-state index in [1.165, 1.54) is 0 Å². The van der Waals surface area contributed by atoms with Crippen LogP contribution in [0, 0.1) is 0 Å². The van der Waals surface area contributed by atoms with E-state index >= 15 is 0 Å². The Hall–Kier alpha value is -1.36. The molecule has 1 aromatic carbocycles. The maximum atomic E-state index is 11.6. The normalized spacial score (nSPS) is 13.7. The molecule has 0 saturated carbocycles. The van der Waals surface area contributed by atoms with Crippen LogP contribution in [-0.2, 0) is 17.6 Å². The van der Waals surface area contributed by atoms with Crippen LogP contribution in [0.15, 0.2) is 18.2 Å². The maximum absolute atomic E-state index is 11.6. The zero-order chi connectivity index (χ0) is 13.3. The summed E-state index contributed by atoms with van der Waals surface area (Å²) in [5.74, 6) is 0.134. The molecule has 0 bridgehead atoms. The number of hydrogen-bond donors (Lipinski definition) is 0. The van der Waals surface area contributed by atoms with E-state index in [0.717, 1.165) is 23.2 Å². The lowest BCUT2D eigenvalue weighted by atomic mass is 10.1. The second-order valence-electron chi connectivity index (χ2n) is 4.52. The van der Waals surface area contributed by atoms with Gasteiger partial charge in [-0.2, -0.15) is 0 Å². The van der Waals surface area contributed by atoms with E-state index < -0.39 is 0 Å². The number of halogens is 1. The number of carbonyl (C=O) groups excluding carboxylic acids is 2. The first kappa shape index (κ1) is 13.1. The highest BCUT2D eigenvalue weighted by atomic mass is 79.9. The molecule has 18 heavy (non-hydrogen) atoms. The molecule has 0 radical (unpaired) electrons. The summed E-state index contributed by atoms with van der Waals surface area (Å²) >= 11 is 2.91. The Morgan fingerprint density at radius 2 is 2.22 bits per heavy atom. The number of likely N-dealkylation sites (N-methyl/N-ethyl adjacent to an activating group) is 2. The van der Waals surface area contributed by atoms with E-state index in [4.69, 9.17) is 0 Å². The molecule has 0 N–H and O–H groups in total. The van der Waals surface area contributed by atoms with Gasteiger partial charge in [-0.25, -0.2) is 0 Å². The van der Waals surface area contributed by atoms with Crippen molar-refractivity contribution in [1.29, 1.82) is 0 Å². The molecule has 2 amide bonds. The number of hydrogen-bond acceptors (Lipinski definition) is 2. The van der Waals surface area contributed by atoms with Crippen LogP contribution in [0.4, 0.5) is 10.5 Å². The number of nitrogens with zero attached hydrogens (tertiary/aromatic N) is 2.